The van der Waals surface area contributed by atoms with E-state index in [-0.39, 0.29) is 0 Å². The predicted octanol–water partition coefficient (Wildman–Crippen LogP) is 0.700. The van der Waals surface area contributed by atoms with Crippen LogP contribution in [0.1, 0.15) is 39.5 Å². The zero-order valence-electron chi connectivity index (χ0n) is 10.5. The van der Waals surface area contributed by atoms with Gasteiger partial charge >= 0.3 is 0 Å². The van der Waals surface area contributed by atoms with Crippen molar-refractivity contribution in [2.24, 2.45) is 17.4 Å². The minimum atomic E-state index is -0.528. The minimum absolute atomic E-state index is 0.397. The van der Waals surface area contributed by atoms with Gasteiger partial charge in [-0.1, -0.05) is 26.7 Å². The molecule has 94 valence electrons. The molecule has 0 aromatic rings. The van der Waals surface area contributed by atoms with Gasteiger partial charge in [0.1, 0.15) is 0 Å². The summed E-state index contributed by atoms with van der Waals surface area (Å²) in [5.41, 5.74) is 11.0. The third kappa shape index (κ3) is 4.10. The Balaban J connectivity index is 2.52. The summed E-state index contributed by atoms with van der Waals surface area (Å²) in [7, 11) is 0. The van der Waals surface area contributed by atoms with Crippen LogP contribution < -0.4 is 11.5 Å². The van der Waals surface area contributed by atoms with E-state index in [1.807, 2.05) is 0 Å². The summed E-state index contributed by atoms with van der Waals surface area (Å²) in [6.45, 7) is 6.00. The van der Waals surface area contributed by atoms with Crippen molar-refractivity contribution in [3.05, 3.63) is 0 Å². The summed E-state index contributed by atoms with van der Waals surface area (Å²) in [4.78, 5) is 13.4. The lowest BCUT2D eigenvalue weighted by Gasteiger charge is -2.31. The topological polar surface area (TPSA) is 72.3 Å². The normalized spacial score (nSPS) is 19.6. The molecule has 0 spiro atoms. The molecule has 4 heteroatoms. The first-order valence-corrected chi connectivity index (χ1v) is 6.29. The second kappa shape index (κ2) is 6.21. The van der Waals surface area contributed by atoms with Crippen LogP contribution in [0, 0.1) is 5.92 Å². The van der Waals surface area contributed by atoms with Gasteiger partial charge in [-0.25, -0.2) is 0 Å². The molecule has 4 nitrogen and oxygen atoms in total. The average Bonchev–Trinajstić information content (AvgIpc) is 2.68. The SMILES string of the molecule is CC(C)CN(CC(N)C(N)=O)C1CCCC1. The Labute approximate surface area is 98.3 Å². The van der Waals surface area contributed by atoms with E-state index in [2.05, 4.69) is 18.7 Å². The fourth-order valence-electron chi connectivity index (χ4n) is 2.45. The molecule has 1 atom stereocenters. The maximum Gasteiger partial charge on any atom is 0.235 e. The Morgan fingerprint density at radius 2 is 1.88 bits per heavy atom. The first-order valence-electron chi connectivity index (χ1n) is 6.29. The number of hydrogen-bond donors (Lipinski definition) is 2. The summed E-state index contributed by atoms with van der Waals surface area (Å²) in [5, 5.41) is 0. The van der Waals surface area contributed by atoms with E-state index in [9.17, 15) is 4.79 Å². The lowest BCUT2D eigenvalue weighted by atomic mass is 10.1. The summed E-state index contributed by atoms with van der Waals surface area (Å²) < 4.78 is 0. The monoisotopic (exact) mass is 227 g/mol. The molecule has 0 saturated heterocycles. The maximum atomic E-state index is 11.0. The minimum Gasteiger partial charge on any atom is -0.368 e. The fraction of sp³-hybridized carbons (Fsp3) is 0.917. The van der Waals surface area contributed by atoms with E-state index in [1.54, 1.807) is 0 Å². The molecule has 16 heavy (non-hydrogen) atoms. The fourth-order valence-corrected chi connectivity index (χ4v) is 2.45. The first kappa shape index (κ1) is 13.5. The van der Waals surface area contributed by atoms with Gasteiger partial charge in [-0.3, -0.25) is 9.69 Å². The molecule has 1 amide bonds. The number of carbonyl (C=O) groups excluding carboxylic acids is 1. The van der Waals surface area contributed by atoms with Gasteiger partial charge < -0.3 is 11.5 Å². The van der Waals surface area contributed by atoms with Gasteiger partial charge in [0.2, 0.25) is 5.91 Å². The molecule has 0 bridgehead atoms. The highest BCUT2D eigenvalue weighted by molar-refractivity contribution is 5.79. The third-order valence-electron chi connectivity index (χ3n) is 3.24. The van der Waals surface area contributed by atoms with Gasteiger partial charge in [-0.05, 0) is 18.8 Å². The first-order chi connectivity index (χ1) is 7.50. The molecule has 1 aliphatic rings. The van der Waals surface area contributed by atoms with Crippen molar-refractivity contribution in [2.75, 3.05) is 13.1 Å². The van der Waals surface area contributed by atoms with Crippen LogP contribution in [0.15, 0.2) is 0 Å². The highest BCUT2D eigenvalue weighted by atomic mass is 16.1. The highest BCUT2D eigenvalue weighted by Gasteiger charge is 2.25. The summed E-state index contributed by atoms with van der Waals surface area (Å²) in [6, 6.07) is 0.0761. The standard InChI is InChI=1S/C12H25N3O/c1-9(2)7-15(8-11(13)12(14)16)10-5-3-4-6-10/h9-11H,3-8,13H2,1-2H3,(H2,14,16). The van der Waals surface area contributed by atoms with Gasteiger partial charge in [0.15, 0.2) is 0 Å². The average molecular weight is 227 g/mol. The van der Waals surface area contributed by atoms with E-state index in [0.717, 1.165) is 6.54 Å². The van der Waals surface area contributed by atoms with E-state index in [0.29, 0.717) is 18.5 Å². The quantitative estimate of drug-likeness (QED) is 0.701. The van der Waals surface area contributed by atoms with Crippen LogP contribution in [0.25, 0.3) is 0 Å². The zero-order valence-corrected chi connectivity index (χ0v) is 10.5. The van der Waals surface area contributed by atoms with Gasteiger partial charge in [-0.2, -0.15) is 0 Å². The molecule has 0 radical (unpaired) electrons. The maximum absolute atomic E-state index is 11.0. The Morgan fingerprint density at radius 3 is 2.31 bits per heavy atom. The van der Waals surface area contributed by atoms with Crippen molar-refractivity contribution in [2.45, 2.75) is 51.6 Å². The molecule has 0 heterocycles. The summed E-state index contributed by atoms with van der Waals surface area (Å²) >= 11 is 0. The number of nitrogens with two attached hydrogens (primary N) is 2. The largest absolute Gasteiger partial charge is 0.368 e. The Bertz CT molecular complexity index is 224. The smallest absolute Gasteiger partial charge is 0.235 e. The van der Waals surface area contributed by atoms with E-state index in [1.165, 1.54) is 25.7 Å². The van der Waals surface area contributed by atoms with Gasteiger partial charge in [0.25, 0.3) is 0 Å². The van der Waals surface area contributed by atoms with Crippen LogP contribution in [0.3, 0.4) is 0 Å². The molecule has 1 fully saturated rings. The molecule has 0 aromatic heterocycles. The molecule has 1 unspecified atom stereocenters. The third-order valence-corrected chi connectivity index (χ3v) is 3.24. The Kier molecular flexibility index (Phi) is 5.22. The molecular weight excluding hydrogens is 202 g/mol. The Morgan fingerprint density at radius 1 is 1.31 bits per heavy atom. The number of primary amides is 1. The van der Waals surface area contributed by atoms with Crippen molar-refractivity contribution < 1.29 is 4.79 Å². The van der Waals surface area contributed by atoms with Crippen molar-refractivity contribution >= 4 is 5.91 Å². The van der Waals surface area contributed by atoms with E-state index < -0.39 is 11.9 Å². The molecular formula is C12H25N3O. The number of nitrogens with zero attached hydrogens (tertiary/aromatic N) is 1. The number of amides is 1. The van der Waals surface area contributed by atoms with Crippen molar-refractivity contribution in [1.82, 2.24) is 4.90 Å². The van der Waals surface area contributed by atoms with Gasteiger partial charge in [-0.15, -0.1) is 0 Å². The number of rotatable bonds is 6. The van der Waals surface area contributed by atoms with E-state index >= 15 is 0 Å². The lowest BCUT2D eigenvalue weighted by Crippen LogP contribution is -2.49. The second-order valence-electron chi connectivity index (χ2n) is 5.29. The van der Waals surface area contributed by atoms with Crippen molar-refractivity contribution in [1.29, 1.82) is 0 Å². The summed E-state index contributed by atoms with van der Waals surface area (Å²) in [5.74, 6) is 0.201. The number of hydrogen-bond acceptors (Lipinski definition) is 3. The molecule has 1 saturated carbocycles. The lowest BCUT2D eigenvalue weighted by molar-refractivity contribution is -0.119. The van der Waals surface area contributed by atoms with Crippen molar-refractivity contribution in [3.63, 3.8) is 0 Å². The van der Waals surface area contributed by atoms with Crippen LogP contribution in [0.5, 0.6) is 0 Å². The Hall–Kier alpha value is -0.610. The molecule has 0 aliphatic heterocycles. The number of carbonyl (C=O) groups is 1. The summed E-state index contributed by atoms with van der Waals surface area (Å²) in [6.07, 6.45) is 5.06. The molecule has 1 rings (SSSR count). The molecule has 0 aromatic carbocycles. The zero-order chi connectivity index (χ0) is 12.1. The van der Waals surface area contributed by atoms with Crippen LogP contribution in [-0.4, -0.2) is 36.0 Å². The van der Waals surface area contributed by atoms with Crippen LogP contribution >= 0.6 is 0 Å². The molecule has 4 N–H and O–H groups in total. The second-order valence-corrected chi connectivity index (χ2v) is 5.29. The van der Waals surface area contributed by atoms with Gasteiger partial charge in [0, 0.05) is 19.1 Å². The van der Waals surface area contributed by atoms with Crippen LogP contribution in [0.4, 0.5) is 0 Å². The van der Waals surface area contributed by atoms with Crippen molar-refractivity contribution in [3.8, 4) is 0 Å². The predicted molar refractivity (Wildman–Crippen MR) is 65.8 cm³/mol. The van der Waals surface area contributed by atoms with Gasteiger partial charge in [0.05, 0.1) is 6.04 Å². The molecule has 1 aliphatic carbocycles. The van der Waals surface area contributed by atoms with E-state index in [4.69, 9.17) is 11.5 Å². The van der Waals surface area contributed by atoms with Crippen LogP contribution in [-0.2, 0) is 4.79 Å². The van der Waals surface area contributed by atoms with Crippen LogP contribution in [0.2, 0.25) is 0 Å². The highest BCUT2D eigenvalue weighted by Crippen LogP contribution is 2.24.